The van der Waals surface area contributed by atoms with Gasteiger partial charge in [-0.15, -0.1) is 0 Å². The summed E-state index contributed by atoms with van der Waals surface area (Å²) in [4.78, 5) is 3.73. The molecule has 0 aromatic carbocycles. The Morgan fingerprint density at radius 1 is 2.00 bits per heavy atom. The minimum atomic E-state index is 0.245. The van der Waals surface area contributed by atoms with E-state index in [9.17, 15) is 0 Å². The van der Waals surface area contributed by atoms with Crippen molar-refractivity contribution >= 4 is 5.84 Å². The Bertz CT molecular complexity index is 88.8. The SMILES string of the molecule is CC1N=C1NO. The average molecular weight is 86.1 g/mol. The second-order valence-electron chi connectivity index (χ2n) is 1.30. The van der Waals surface area contributed by atoms with Gasteiger partial charge < -0.3 is 0 Å². The maximum atomic E-state index is 8.00. The molecule has 2 N–H and O–H groups in total. The second-order valence-corrected chi connectivity index (χ2v) is 1.30. The predicted molar refractivity (Wildman–Crippen MR) is 21.8 cm³/mol. The van der Waals surface area contributed by atoms with Gasteiger partial charge in [0, 0.05) is 0 Å². The fourth-order valence-corrected chi connectivity index (χ4v) is 0.294. The molecule has 0 bridgehead atoms. The number of rotatable bonds is 0. The van der Waals surface area contributed by atoms with E-state index < -0.39 is 0 Å². The first-order valence-corrected chi connectivity index (χ1v) is 1.82. The van der Waals surface area contributed by atoms with Crippen LogP contribution in [0.5, 0.6) is 0 Å². The Morgan fingerprint density at radius 2 is 2.50 bits per heavy atom. The number of nitrogens with zero attached hydrogens (tertiary/aromatic N) is 1. The monoisotopic (exact) mass is 86.0 g/mol. The molecular formula is C3H6N2O. The van der Waals surface area contributed by atoms with Gasteiger partial charge in [-0.1, -0.05) is 0 Å². The van der Waals surface area contributed by atoms with Gasteiger partial charge in [0.25, 0.3) is 0 Å². The lowest BCUT2D eigenvalue weighted by Crippen LogP contribution is -2.12. The normalized spacial score (nSPS) is 29.0. The van der Waals surface area contributed by atoms with E-state index in [2.05, 4.69) is 4.99 Å². The highest BCUT2D eigenvalue weighted by Gasteiger charge is 2.19. The largest absolute Gasteiger partial charge is 0.290 e. The summed E-state index contributed by atoms with van der Waals surface area (Å²) < 4.78 is 0. The van der Waals surface area contributed by atoms with Crippen LogP contribution in [0.1, 0.15) is 6.92 Å². The van der Waals surface area contributed by atoms with Crippen LogP contribution in [0.25, 0.3) is 0 Å². The summed E-state index contributed by atoms with van der Waals surface area (Å²) in [5, 5.41) is 8.00. The van der Waals surface area contributed by atoms with Crippen molar-refractivity contribution in [1.82, 2.24) is 5.48 Å². The van der Waals surface area contributed by atoms with Gasteiger partial charge >= 0.3 is 0 Å². The first kappa shape index (κ1) is 3.61. The zero-order valence-corrected chi connectivity index (χ0v) is 3.47. The molecule has 0 amide bonds. The molecule has 0 saturated heterocycles. The molecule has 0 aliphatic carbocycles. The minimum absolute atomic E-state index is 0.245. The summed E-state index contributed by atoms with van der Waals surface area (Å²) in [7, 11) is 0. The topological polar surface area (TPSA) is 44.6 Å². The van der Waals surface area contributed by atoms with Crippen molar-refractivity contribution < 1.29 is 5.21 Å². The van der Waals surface area contributed by atoms with Crippen molar-refractivity contribution in [2.45, 2.75) is 13.0 Å². The molecule has 1 aliphatic heterocycles. The number of hydroxylamine groups is 1. The van der Waals surface area contributed by atoms with Gasteiger partial charge in [0.05, 0.1) is 0 Å². The molecule has 1 rings (SSSR count). The fourth-order valence-electron chi connectivity index (χ4n) is 0.294. The van der Waals surface area contributed by atoms with Gasteiger partial charge in [0.15, 0.2) is 0 Å². The van der Waals surface area contributed by atoms with E-state index in [-0.39, 0.29) is 6.04 Å². The Labute approximate surface area is 35.7 Å². The smallest absolute Gasteiger partial charge is 0.146 e. The molecule has 34 valence electrons. The summed E-state index contributed by atoms with van der Waals surface area (Å²) in [6.07, 6.45) is 0. The lowest BCUT2D eigenvalue weighted by molar-refractivity contribution is 0.236. The lowest BCUT2D eigenvalue weighted by atomic mass is 10.5. The van der Waals surface area contributed by atoms with Crippen LogP contribution < -0.4 is 5.48 Å². The summed E-state index contributed by atoms with van der Waals surface area (Å²) in [5.41, 5.74) is 1.94. The Hall–Kier alpha value is -0.570. The van der Waals surface area contributed by atoms with Crippen molar-refractivity contribution in [2.75, 3.05) is 0 Å². The van der Waals surface area contributed by atoms with E-state index in [1.165, 1.54) is 0 Å². The van der Waals surface area contributed by atoms with Crippen molar-refractivity contribution in [3.63, 3.8) is 0 Å². The third kappa shape index (κ3) is 0.367. The Morgan fingerprint density at radius 3 is 2.50 bits per heavy atom. The molecule has 0 aromatic rings. The molecule has 6 heavy (non-hydrogen) atoms. The van der Waals surface area contributed by atoms with Crippen molar-refractivity contribution in [1.29, 1.82) is 0 Å². The molecule has 0 radical (unpaired) electrons. The number of nitrogens with one attached hydrogen (secondary N) is 1. The van der Waals surface area contributed by atoms with E-state index in [1.807, 2.05) is 12.4 Å². The number of aliphatic imine (C=N–C) groups is 1. The summed E-state index contributed by atoms with van der Waals surface area (Å²) in [6.45, 7) is 1.90. The van der Waals surface area contributed by atoms with Crippen molar-refractivity contribution in [3.05, 3.63) is 0 Å². The molecule has 1 atom stereocenters. The number of hydrogen-bond donors (Lipinski definition) is 2. The van der Waals surface area contributed by atoms with E-state index in [1.54, 1.807) is 0 Å². The Balaban J connectivity index is 2.23. The van der Waals surface area contributed by atoms with Gasteiger partial charge in [0.1, 0.15) is 11.9 Å². The van der Waals surface area contributed by atoms with E-state index in [0.717, 1.165) is 0 Å². The van der Waals surface area contributed by atoms with Crippen LogP contribution in [0.4, 0.5) is 0 Å². The van der Waals surface area contributed by atoms with Crippen LogP contribution >= 0.6 is 0 Å². The molecule has 1 heterocycles. The lowest BCUT2D eigenvalue weighted by Gasteiger charge is -1.78. The van der Waals surface area contributed by atoms with Gasteiger partial charge in [-0.05, 0) is 6.92 Å². The van der Waals surface area contributed by atoms with Gasteiger partial charge in [0.2, 0.25) is 0 Å². The number of amidine groups is 1. The molecule has 1 unspecified atom stereocenters. The second kappa shape index (κ2) is 0.944. The summed E-state index contributed by atoms with van der Waals surface area (Å²) >= 11 is 0. The molecule has 0 fully saturated rings. The molecule has 0 saturated carbocycles. The first-order chi connectivity index (χ1) is 2.84. The highest BCUT2D eigenvalue weighted by Crippen LogP contribution is 2.04. The zero-order chi connectivity index (χ0) is 4.57. The van der Waals surface area contributed by atoms with Crippen LogP contribution in [0, 0.1) is 0 Å². The molecule has 1 aliphatic rings. The molecule has 3 heteroatoms. The van der Waals surface area contributed by atoms with Crippen LogP contribution in [-0.4, -0.2) is 17.1 Å². The Kier molecular flexibility index (Phi) is 0.569. The van der Waals surface area contributed by atoms with Crippen LogP contribution in [0.2, 0.25) is 0 Å². The third-order valence-electron chi connectivity index (χ3n) is 0.775. The van der Waals surface area contributed by atoms with Gasteiger partial charge in [-0.25, -0.2) is 0 Å². The molecule has 0 spiro atoms. The molecule has 3 nitrogen and oxygen atoms in total. The predicted octanol–water partition coefficient (Wildman–Crippen LogP) is -0.234. The van der Waals surface area contributed by atoms with Crippen LogP contribution in [0.3, 0.4) is 0 Å². The maximum Gasteiger partial charge on any atom is 0.146 e. The van der Waals surface area contributed by atoms with E-state index in [4.69, 9.17) is 5.21 Å². The highest BCUT2D eigenvalue weighted by molar-refractivity contribution is 5.97. The van der Waals surface area contributed by atoms with Gasteiger partial charge in [-0.2, -0.15) is 0 Å². The summed E-state index contributed by atoms with van der Waals surface area (Å²) in [6, 6.07) is 0.245. The third-order valence-corrected chi connectivity index (χ3v) is 0.775. The van der Waals surface area contributed by atoms with E-state index in [0.29, 0.717) is 5.84 Å². The fraction of sp³-hybridized carbons (Fsp3) is 0.667. The van der Waals surface area contributed by atoms with E-state index >= 15 is 0 Å². The quantitative estimate of drug-likeness (QED) is 0.400. The maximum absolute atomic E-state index is 8.00. The van der Waals surface area contributed by atoms with Crippen molar-refractivity contribution in [2.24, 2.45) is 4.99 Å². The average Bonchev–Trinajstić information content (AvgIpc) is 2.19. The standard InChI is InChI=1S/C3H6N2O/c1-2-3(4-2)5-6/h2,6H,1H3,(H,4,5). The summed E-state index contributed by atoms with van der Waals surface area (Å²) in [5.74, 6) is 0.690. The molecule has 0 aromatic heterocycles. The zero-order valence-electron chi connectivity index (χ0n) is 3.47. The minimum Gasteiger partial charge on any atom is -0.290 e. The molecular weight excluding hydrogens is 80.0 g/mol. The number of hydrogen-bond acceptors (Lipinski definition) is 3. The van der Waals surface area contributed by atoms with Gasteiger partial charge in [-0.3, -0.25) is 15.7 Å². The van der Waals surface area contributed by atoms with Crippen LogP contribution in [-0.2, 0) is 0 Å². The van der Waals surface area contributed by atoms with Crippen LogP contribution in [0.15, 0.2) is 4.99 Å². The van der Waals surface area contributed by atoms with Crippen molar-refractivity contribution in [3.8, 4) is 0 Å². The highest BCUT2D eigenvalue weighted by atomic mass is 16.5. The first-order valence-electron chi connectivity index (χ1n) is 1.82.